The SMILES string of the molecule is O=C(NCc1ncc(Cc2ccccc2)s1)Nc1ccccc1. The second kappa shape index (κ2) is 7.56. The van der Waals surface area contributed by atoms with Gasteiger partial charge in [-0.2, -0.15) is 0 Å². The van der Waals surface area contributed by atoms with Crippen molar-refractivity contribution in [2.75, 3.05) is 5.32 Å². The number of hydrogen-bond acceptors (Lipinski definition) is 3. The predicted molar refractivity (Wildman–Crippen MR) is 93.7 cm³/mol. The maximum Gasteiger partial charge on any atom is 0.319 e. The number of para-hydroxylation sites is 1. The van der Waals surface area contributed by atoms with Crippen molar-refractivity contribution in [3.63, 3.8) is 0 Å². The van der Waals surface area contributed by atoms with Crippen LogP contribution in [0.5, 0.6) is 0 Å². The molecule has 2 amide bonds. The summed E-state index contributed by atoms with van der Waals surface area (Å²) in [4.78, 5) is 17.4. The summed E-state index contributed by atoms with van der Waals surface area (Å²) >= 11 is 1.62. The zero-order valence-electron chi connectivity index (χ0n) is 12.5. The summed E-state index contributed by atoms with van der Waals surface area (Å²) in [6, 6.07) is 19.4. The van der Waals surface area contributed by atoms with Crippen LogP contribution in [0.4, 0.5) is 10.5 Å². The fraction of sp³-hybridized carbons (Fsp3) is 0.111. The van der Waals surface area contributed by atoms with E-state index in [-0.39, 0.29) is 6.03 Å². The van der Waals surface area contributed by atoms with E-state index >= 15 is 0 Å². The van der Waals surface area contributed by atoms with Gasteiger partial charge in [-0.15, -0.1) is 11.3 Å². The number of carbonyl (C=O) groups excluding carboxylic acids is 1. The van der Waals surface area contributed by atoms with Gasteiger partial charge in [0.2, 0.25) is 0 Å². The van der Waals surface area contributed by atoms with Crippen LogP contribution in [0.15, 0.2) is 66.9 Å². The third-order valence-electron chi connectivity index (χ3n) is 3.25. The topological polar surface area (TPSA) is 54.0 Å². The third kappa shape index (κ3) is 4.66. The highest BCUT2D eigenvalue weighted by Gasteiger charge is 2.06. The Hall–Kier alpha value is -2.66. The molecule has 0 aliphatic carbocycles. The van der Waals surface area contributed by atoms with Gasteiger partial charge in [-0.1, -0.05) is 48.5 Å². The van der Waals surface area contributed by atoms with Crippen molar-refractivity contribution in [2.24, 2.45) is 0 Å². The van der Waals surface area contributed by atoms with E-state index < -0.39 is 0 Å². The number of aromatic nitrogens is 1. The molecule has 2 aromatic carbocycles. The Balaban J connectivity index is 1.50. The summed E-state index contributed by atoms with van der Waals surface area (Å²) in [5.41, 5.74) is 2.03. The minimum absolute atomic E-state index is 0.226. The van der Waals surface area contributed by atoms with E-state index in [1.54, 1.807) is 11.3 Å². The first-order valence-electron chi connectivity index (χ1n) is 7.37. The van der Waals surface area contributed by atoms with E-state index in [9.17, 15) is 4.79 Å². The van der Waals surface area contributed by atoms with Crippen molar-refractivity contribution in [3.8, 4) is 0 Å². The third-order valence-corrected chi connectivity index (χ3v) is 4.25. The highest BCUT2D eigenvalue weighted by molar-refractivity contribution is 7.11. The monoisotopic (exact) mass is 323 g/mol. The molecular weight excluding hydrogens is 306 g/mol. The van der Waals surface area contributed by atoms with E-state index in [0.717, 1.165) is 17.1 Å². The zero-order chi connectivity index (χ0) is 15.9. The summed E-state index contributed by atoms with van der Waals surface area (Å²) in [5.74, 6) is 0. The summed E-state index contributed by atoms with van der Waals surface area (Å²) in [7, 11) is 0. The van der Waals surface area contributed by atoms with Crippen LogP contribution in [0.25, 0.3) is 0 Å². The zero-order valence-corrected chi connectivity index (χ0v) is 13.3. The highest BCUT2D eigenvalue weighted by atomic mass is 32.1. The standard InChI is InChI=1S/C18H17N3OS/c22-18(21-15-9-5-2-6-10-15)20-13-17-19-12-16(23-17)11-14-7-3-1-4-8-14/h1-10,12H,11,13H2,(H2,20,21,22). The van der Waals surface area contributed by atoms with Crippen LogP contribution in [0.1, 0.15) is 15.4 Å². The van der Waals surface area contributed by atoms with Crippen LogP contribution in [0, 0.1) is 0 Å². The number of thiazole rings is 1. The quantitative estimate of drug-likeness (QED) is 0.744. The number of hydrogen-bond donors (Lipinski definition) is 2. The molecular formula is C18H17N3OS. The fourth-order valence-corrected chi connectivity index (χ4v) is 3.06. The summed E-state index contributed by atoms with van der Waals surface area (Å²) in [6.07, 6.45) is 2.75. The Morgan fingerprint density at radius 2 is 1.70 bits per heavy atom. The van der Waals surface area contributed by atoms with Gasteiger partial charge in [0.15, 0.2) is 0 Å². The van der Waals surface area contributed by atoms with Gasteiger partial charge in [-0.3, -0.25) is 0 Å². The first-order valence-corrected chi connectivity index (χ1v) is 8.18. The van der Waals surface area contributed by atoms with Crippen LogP contribution < -0.4 is 10.6 Å². The van der Waals surface area contributed by atoms with E-state index in [1.165, 1.54) is 10.4 Å². The molecule has 3 rings (SSSR count). The summed E-state index contributed by atoms with van der Waals surface area (Å²) < 4.78 is 0. The lowest BCUT2D eigenvalue weighted by Gasteiger charge is -2.05. The van der Waals surface area contributed by atoms with Crippen LogP contribution >= 0.6 is 11.3 Å². The minimum atomic E-state index is -0.226. The number of nitrogens with one attached hydrogen (secondary N) is 2. The van der Waals surface area contributed by atoms with Crippen LogP contribution in [0.3, 0.4) is 0 Å². The number of amides is 2. The molecule has 0 aliphatic rings. The Labute approximate surface area is 139 Å². The Morgan fingerprint density at radius 3 is 2.43 bits per heavy atom. The van der Waals surface area contributed by atoms with Crippen molar-refractivity contribution < 1.29 is 4.79 Å². The van der Waals surface area contributed by atoms with Crippen LogP contribution in [-0.4, -0.2) is 11.0 Å². The summed E-state index contributed by atoms with van der Waals surface area (Å²) in [6.45, 7) is 0.429. The molecule has 0 saturated heterocycles. The number of nitrogens with zero attached hydrogens (tertiary/aromatic N) is 1. The van der Waals surface area contributed by atoms with Crippen molar-refractivity contribution in [3.05, 3.63) is 82.3 Å². The van der Waals surface area contributed by atoms with E-state index in [1.807, 2.05) is 54.7 Å². The molecule has 116 valence electrons. The van der Waals surface area contributed by atoms with Gasteiger partial charge in [-0.05, 0) is 17.7 Å². The highest BCUT2D eigenvalue weighted by Crippen LogP contribution is 2.17. The molecule has 1 heterocycles. The molecule has 0 radical (unpaired) electrons. The lowest BCUT2D eigenvalue weighted by Crippen LogP contribution is -2.28. The Morgan fingerprint density at radius 1 is 1.00 bits per heavy atom. The second-order valence-electron chi connectivity index (χ2n) is 5.06. The van der Waals surface area contributed by atoms with Gasteiger partial charge in [0.1, 0.15) is 5.01 Å². The fourth-order valence-electron chi connectivity index (χ4n) is 2.16. The molecule has 0 saturated carbocycles. The second-order valence-corrected chi connectivity index (χ2v) is 6.26. The van der Waals surface area contributed by atoms with Gasteiger partial charge in [0.05, 0.1) is 6.54 Å². The maximum atomic E-state index is 11.8. The number of anilines is 1. The first kappa shape index (κ1) is 15.2. The van der Waals surface area contributed by atoms with Crippen molar-refractivity contribution in [1.82, 2.24) is 10.3 Å². The molecule has 0 unspecified atom stereocenters. The average molecular weight is 323 g/mol. The molecule has 0 bridgehead atoms. The Kier molecular flexibility index (Phi) is 5.01. The lowest BCUT2D eigenvalue weighted by molar-refractivity contribution is 0.251. The number of rotatable bonds is 5. The minimum Gasteiger partial charge on any atom is -0.331 e. The molecule has 3 aromatic rings. The molecule has 5 heteroatoms. The molecule has 0 fully saturated rings. The van der Waals surface area contributed by atoms with Crippen molar-refractivity contribution in [1.29, 1.82) is 0 Å². The normalized spacial score (nSPS) is 10.3. The molecule has 1 aromatic heterocycles. The molecule has 0 spiro atoms. The number of urea groups is 1. The van der Waals surface area contributed by atoms with Gasteiger partial charge in [0.25, 0.3) is 0 Å². The molecule has 23 heavy (non-hydrogen) atoms. The lowest BCUT2D eigenvalue weighted by atomic mass is 10.1. The molecule has 2 N–H and O–H groups in total. The maximum absolute atomic E-state index is 11.8. The van der Waals surface area contributed by atoms with Gasteiger partial charge in [-0.25, -0.2) is 9.78 Å². The number of benzene rings is 2. The predicted octanol–water partition coefficient (Wildman–Crippen LogP) is 4.06. The first-order chi connectivity index (χ1) is 11.3. The Bertz CT molecular complexity index is 756. The van der Waals surface area contributed by atoms with Crippen molar-refractivity contribution >= 4 is 23.1 Å². The van der Waals surface area contributed by atoms with E-state index in [0.29, 0.717) is 6.54 Å². The van der Waals surface area contributed by atoms with Gasteiger partial charge < -0.3 is 10.6 Å². The van der Waals surface area contributed by atoms with Gasteiger partial charge in [0, 0.05) is 23.2 Å². The number of carbonyl (C=O) groups is 1. The van der Waals surface area contributed by atoms with Crippen LogP contribution in [-0.2, 0) is 13.0 Å². The largest absolute Gasteiger partial charge is 0.331 e. The van der Waals surface area contributed by atoms with Crippen molar-refractivity contribution in [2.45, 2.75) is 13.0 Å². The molecule has 0 aliphatic heterocycles. The van der Waals surface area contributed by atoms with Gasteiger partial charge >= 0.3 is 6.03 Å². The molecule has 0 atom stereocenters. The van der Waals surface area contributed by atoms with Crippen LogP contribution in [0.2, 0.25) is 0 Å². The smallest absolute Gasteiger partial charge is 0.319 e. The van der Waals surface area contributed by atoms with E-state index in [2.05, 4.69) is 27.8 Å². The van der Waals surface area contributed by atoms with E-state index in [4.69, 9.17) is 0 Å². The molecule has 4 nitrogen and oxygen atoms in total. The average Bonchev–Trinajstić information content (AvgIpc) is 3.02. The summed E-state index contributed by atoms with van der Waals surface area (Å²) in [5, 5.41) is 6.51.